The molecule has 0 aromatic carbocycles. The lowest BCUT2D eigenvalue weighted by Gasteiger charge is -2.32. The molecule has 0 unspecified atom stereocenters. The molecule has 130 valence electrons. The van der Waals surface area contributed by atoms with Crippen LogP contribution in [0.5, 0.6) is 0 Å². The van der Waals surface area contributed by atoms with Crippen LogP contribution in [0.1, 0.15) is 47.5 Å². The summed E-state index contributed by atoms with van der Waals surface area (Å²) in [7, 11) is 0. The molecule has 0 amide bonds. The molecule has 8 heteroatoms. The highest BCUT2D eigenvalue weighted by atomic mass is 16.4. The van der Waals surface area contributed by atoms with Gasteiger partial charge in [0.2, 0.25) is 0 Å². The van der Waals surface area contributed by atoms with E-state index in [-0.39, 0.29) is 5.69 Å². The fourth-order valence-electron chi connectivity index (χ4n) is 3.29. The highest BCUT2D eigenvalue weighted by molar-refractivity contribution is 5.84. The van der Waals surface area contributed by atoms with Crippen LogP contribution in [-0.2, 0) is 19.5 Å². The number of H-pyrrole nitrogens is 1. The molecule has 1 aliphatic heterocycles. The molecule has 0 aliphatic carbocycles. The summed E-state index contributed by atoms with van der Waals surface area (Å²) in [4.78, 5) is 21.3. The summed E-state index contributed by atoms with van der Waals surface area (Å²) in [5.41, 5.74) is 2.28. The second kappa shape index (κ2) is 7.12. The number of nitrogens with one attached hydrogen (secondary N) is 1. The molecular weight excluding hydrogens is 308 g/mol. The topological polar surface area (TPSA) is 99.9 Å². The number of hydrogen-bond donors (Lipinski definition) is 2. The zero-order valence-electron chi connectivity index (χ0n) is 14.2. The lowest BCUT2D eigenvalue weighted by Crippen LogP contribution is -2.36. The van der Waals surface area contributed by atoms with Gasteiger partial charge in [-0.3, -0.25) is 9.58 Å². The number of imidazole rings is 1. The van der Waals surface area contributed by atoms with Gasteiger partial charge in [0.15, 0.2) is 5.69 Å². The third kappa shape index (κ3) is 3.81. The predicted molar refractivity (Wildman–Crippen MR) is 87.7 cm³/mol. The van der Waals surface area contributed by atoms with Gasteiger partial charge in [0.25, 0.3) is 0 Å². The van der Waals surface area contributed by atoms with E-state index in [1.54, 1.807) is 4.68 Å². The van der Waals surface area contributed by atoms with Gasteiger partial charge in [0, 0.05) is 31.7 Å². The normalized spacial score (nSPS) is 18.8. The van der Waals surface area contributed by atoms with Crippen LogP contribution in [-0.4, -0.2) is 54.0 Å². The van der Waals surface area contributed by atoms with Crippen molar-refractivity contribution in [3.8, 4) is 0 Å². The maximum Gasteiger partial charge on any atom is 0.358 e. The van der Waals surface area contributed by atoms with E-state index in [1.165, 1.54) is 6.20 Å². The number of rotatable bonds is 6. The van der Waals surface area contributed by atoms with Gasteiger partial charge in [-0.1, -0.05) is 12.1 Å². The lowest BCUT2D eigenvalue weighted by atomic mass is 9.98. The fourth-order valence-corrected chi connectivity index (χ4v) is 3.29. The molecule has 1 atom stereocenters. The van der Waals surface area contributed by atoms with E-state index in [1.807, 2.05) is 0 Å². The molecule has 1 fully saturated rings. The Bertz CT molecular complexity index is 707. The second-order valence-corrected chi connectivity index (χ2v) is 6.48. The number of aromatic nitrogens is 5. The summed E-state index contributed by atoms with van der Waals surface area (Å²) < 4.78 is 1.65. The molecule has 0 spiro atoms. The Balaban J connectivity index is 1.59. The highest BCUT2D eigenvalue weighted by Gasteiger charge is 2.22. The molecule has 2 N–H and O–H groups in total. The summed E-state index contributed by atoms with van der Waals surface area (Å²) in [6.07, 6.45) is 4.68. The van der Waals surface area contributed by atoms with Crippen molar-refractivity contribution < 1.29 is 9.90 Å². The summed E-state index contributed by atoms with van der Waals surface area (Å²) in [5, 5.41) is 16.5. The number of carboxylic acids is 1. The molecule has 24 heavy (non-hydrogen) atoms. The van der Waals surface area contributed by atoms with Gasteiger partial charge in [0.1, 0.15) is 5.82 Å². The third-order valence-electron chi connectivity index (χ3n) is 4.55. The van der Waals surface area contributed by atoms with Gasteiger partial charge in [-0.25, -0.2) is 9.78 Å². The van der Waals surface area contributed by atoms with Crippen LogP contribution in [0.2, 0.25) is 0 Å². The average Bonchev–Trinajstić information content (AvgIpc) is 3.15. The van der Waals surface area contributed by atoms with Crippen LogP contribution in [0.4, 0.5) is 0 Å². The Labute approximate surface area is 140 Å². The van der Waals surface area contributed by atoms with Crippen molar-refractivity contribution in [1.29, 1.82) is 0 Å². The van der Waals surface area contributed by atoms with Crippen LogP contribution >= 0.6 is 0 Å². The lowest BCUT2D eigenvalue weighted by molar-refractivity contribution is 0.0690. The van der Waals surface area contributed by atoms with Crippen LogP contribution < -0.4 is 0 Å². The zero-order valence-corrected chi connectivity index (χ0v) is 14.2. The van der Waals surface area contributed by atoms with E-state index >= 15 is 0 Å². The van der Waals surface area contributed by atoms with Gasteiger partial charge in [-0.15, -0.1) is 5.10 Å². The van der Waals surface area contributed by atoms with Gasteiger partial charge in [-0.2, -0.15) is 0 Å². The zero-order chi connectivity index (χ0) is 17.1. The van der Waals surface area contributed by atoms with Crippen LogP contribution in [0, 0.1) is 12.8 Å². The van der Waals surface area contributed by atoms with Crippen molar-refractivity contribution in [2.24, 2.45) is 5.92 Å². The summed E-state index contributed by atoms with van der Waals surface area (Å²) in [5.74, 6) is 0.458. The Morgan fingerprint density at radius 1 is 1.50 bits per heavy atom. The van der Waals surface area contributed by atoms with Crippen LogP contribution in [0.15, 0.2) is 6.20 Å². The first-order valence-electron chi connectivity index (χ1n) is 8.45. The number of aromatic amines is 1. The van der Waals surface area contributed by atoms with Crippen molar-refractivity contribution in [2.45, 2.75) is 46.2 Å². The van der Waals surface area contributed by atoms with E-state index in [9.17, 15) is 4.79 Å². The average molecular weight is 332 g/mol. The first-order chi connectivity index (χ1) is 11.5. The first kappa shape index (κ1) is 16.6. The Morgan fingerprint density at radius 3 is 3.00 bits per heavy atom. The molecular formula is C16H24N6O2. The quantitative estimate of drug-likeness (QED) is 0.831. The third-order valence-corrected chi connectivity index (χ3v) is 4.55. The number of aromatic carboxylic acids is 1. The smallest absolute Gasteiger partial charge is 0.358 e. The minimum absolute atomic E-state index is 0.00177. The maximum atomic E-state index is 10.9. The standard InChI is InChI=1S/C16H24N6O2/c1-3-15-17-11(2)13(18-15)9-21-6-4-5-12(7-21)8-22-10-14(16(23)24)19-20-22/h10,12H,3-9H2,1-2H3,(H,17,18)(H,23,24)/t12-/m1/s1. The summed E-state index contributed by atoms with van der Waals surface area (Å²) in [6, 6.07) is 0. The molecule has 3 heterocycles. The molecule has 0 saturated carbocycles. The monoisotopic (exact) mass is 332 g/mol. The molecule has 1 aliphatic rings. The highest BCUT2D eigenvalue weighted by Crippen LogP contribution is 2.20. The molecule has 1 saturated heterocycles. The Morgan fingerprint density at radius 2 is 2.33 bits per heavy atom. The second-order valence-electron chi connectivity index (χ2n) is 6.48. The SMILES string of the molecule is CCc1nc(CN2CCC[C@@H](Cn3cc(C(=O)O)nn3)C2)c(C)[nH]1. The van der Waals surface area contributed by atoms with E-state index in [0.29, 0.717) is 12.5 Å². The number of nitrogens with zero attached hydrogens (tertiary/aromatic N) is 5. The molecule has 0 bridgehead atoms. The number of carboxylic acid groups (broad SMARTS) is 1. The molecule has 8 nitrogen and oxygen atoms in total. The molecule has 0 radical (unpaired) electrons. The molecule has 2 aromatic heterocycles. The molecule has 3 rings (SSSR count). The predicted octanol–water partition coefficient (Wildman–Crippen LogP) is 1.48. The van der Waals surface area contributed by atoms with E-state index in [2.05, 4.69) is 39.0 Å². The minimum Gasteiger partial charge on any atom is -0.476 e. The Hall–Kier alpha value is -2.22. The minimum atomic E-state index is -1.03. The number of aryl methyl sites for hydroxylation is 2. The number of carbonyl (C=O) groups is 1. The summed E-state index contributed by atoms with van der Waals surface area (Å²) in [6.45, 7) is 7.78. The number of likely N-dealkylation sites (tertiary alicyclic amines) is 1. The van der Waals surface area contributed by atoms with Gasteiger partial charge in [-0.05, 0) is 32.2 Å². The number of piperidine rings is 1. The van der Waals surface area contributed by atoms with Gasteiger partial charge in [0.05, 0.1) is 11.9 Å². The first-order valence-corrected chi connectivity index (χ1v) is 8.45. The Kier molecular flexibility index (Phi) is 4.94. The van der Waals surface area contributed by atoms with Crippen molar-refractivity contribution >= 4 is 5.97 Å². The van der Waals surface area contributed by atoms with E-state index in [0.717, 1.165) is 56.1 Å². The number of hydrogen-bond acceptors (Lipinski definition) is 5. The largest absolute Gasteiger partial charge is 0.476 e. The van der Waals surface area contributed by atoms with Gasteiger partial charge < -0.3 is 10.1 Å². The van der Waals surface area contributed by atoms with Crippen molar-refractivity contribution in [1.82, 2.24) is 29.9 Å². The van der Waals surface area contributed by atoms with Crippen molar-refractivity contribution in [3.05, 3.63) is 29.1 Å². The maximum absolute atomic E-state index is 10.9. The molecule has 2 aromatic rings. The van der Waals surface area contributed by atoms with E-state index < -0.39 is 5.97 Å². The van der Waals surface area contributed by atoms with Crippen molar-refractivity contribution in [2.75, 3.05) is 13.1 Å². The van der Waals surface area contributed by atoms with Gasteiger partial charge >= 0.3 is 5.97 Å². The van der Waals surface area contributed by atoms with Crippen molar-refractivity contribution in [3.63, 3.8) is 0 Å². The van der Waals surface area contributed by atoms with Crippen LogP contribution in [0.25, 0.3) is 0 Å². The van der Waals surface area contributed by atoms with E-state index in [4.69, 9.17) is 5.11 Å². The summed E-state index contributed by atoms with van der Waals surface area (Å²) >= 11 is 0. The fraction of sp³-hybridized carbons (Fsp3) is 0.625. The van der Waals surface area contributed by atoms with Crippen LogP contribution in [0.3, 0.4) is 0 Å².